The first-order chi connectivity index (χ1) is 21.1. The van der Waals surface area contributed by atoms with Crippen LogP contribution >= 0.6 is 0 Å². The van der Waals surface area contributed by atoms with Crippen LogP contribution in [0.4, 0.5) is 11.6 Å². The number of carbonyl (C=O) groups excluding carboxylic acids is 1. The third-order valence-corrected chi connectivity index (χ3v) is 9.44. The van der Waals surface area contributed by atoms with Gasteiger partial charge in [-0.15, -0.1) is 0 Å². The number of hydrogen-bond donors (Lipinski definition) is 2. The Morgan fingerprint density at radius 1 is 0.955 bits per heavy atom. The number of hydrogen-bond acceptors (Lipinski definition) is 8. The molecule has 0 radical (unpaired) electrons. The highest BCUT2D eigenvalue weighted by Crippen LogP contribution is 2.38. The first-order valence-corrected chi connectivity index (χ1v) is 16.4. The van der Waals surface area contributed by atoms with Gasteiger partial charge in [0.05, 0.1) is 12.3 Å². The standard InChI is InChI=1S/C33H40N6O4S/c1-6-43-33(40)30-22(2)39(27-15-11-8-12-16-27)31(24-13-9-7-10-14-24)32(30)44(41,42)37-26-19-17-25(18-20-26)36-28-21-29(38(4)5)35-23(3)34-28/h7-16,21,25-26,37H,6,17-20H2,1-5H3,(H,34,35,36). The minimum atomic E-state index is -4.16. The molecule has 0 spiro atoms. The van der Waals surface area contributed by atoms with Gasteiger partial charge < -0.3 is 19.5 Å². The number of benzene rings is 2. The van der Waals surface area contributed by atoms with Gasteiger partial charge in [-0.1, -0.05) is 48.5 Å². The van der Waals surface area contributed by atoms with Gasteiger partial charge in [0.25, 0.3) is 0 Å². The van der Waals surface area contributed by atoms with E-state index >= 15 is 0 Å². The highest BCUT2D eigenvalue weighted by atomic mass is 32.2. The number of esters is 1. The van der Waals surface area contributed by atoms with E-state index in [0.29, 0.717) is 35.6 Å². The van der Waals surface area contributed by atoms with Crippen LogP contribution in [0.15, 0.2) is 71.6 Å². The van der Waals surface area contributed by atoms with Gasteiger partial charge in [0.1, 0.15) is 27.9 Å². The number of para-hydroxylation sites is 1. The average Bonchev–Trinajstić information content (AvgIpc) is 3.32. The fourth-order valence-corrected chi connectivity index (χ4v) is 7.58. The Kier molecular flexibility index (Phi) is 9.36. The van der Waals surface area contributed by atoms with Crippen molar-refractivity contribution in [2.24, 2.45) is 0 Å². The summed E-state index contributed by atoms with van der Waals surface area (Å²) in [7, 11) is -0.279. The number of ether oxygens (including phenoxy) is 1. The monoisotopic (exact) mass is 616 g/mol. The van der Waals surface area contributed by atoms with Crippen LogP contribution in [0.2, 0.25) is 0 Å². The molecule has 0 unspecified atom stereocenters. The van der Waals surface area contributed by atoms with Crippen molar-refractivity contribution < 1.29 is 17.9 Å². The summed E-state index contributed by atoms with van der Waals surface area (Å²) in [6, 6.07) is 20.5. The molecule has 0 saturated heterocycles. The summed E-state index contributed by atoms with van der Waals surface area (Å²) in [5.41, 5.74) is 2.41. The van der Waals surface area contributed by atoms with E-state index in [1.807, 2.05) is 97.2 Å². The zero-order valence-corrected chi connectivity index (χ0v) is 26.7. The minimum Gasteiger partial charge on any atom is -0.462 e. The predicted octanol–water partition coefficient (Wildman–Crippen LogP) is 5.50. The SMILES string of the molecule is CCOC(=O)c1c(S(=O)(=O)NC2CCC(Nc3cc(N(C)C)nc(C)n3)CC2)c(-c2ccccc2)n(-c2ccccc2)c1C. The molecule has 10 nitrogen and oxygen atoms in total. The van der Waals surface area contributed by atoms with E-state index in [0.717, 1.165) is 30.2 Å². The molecule has 1 aliphatic rings. The number of aryl methyl sites for hydroxylation is 1. The lowest BCUT2D eigenvalue weighted by molar-refractivity contribution is 0.0521. The lowest BCUT2D eigenvalue weighted by atomic mass is 9.92. The van der Waals surface area contributed by atoms with Crippen molar-refractivity contribution >= 4 is 27.6 Å². The van der Waals surface area contributed by atoms with Gasteiger partial charge in [-0.3, -0.25) is 0 Å². The third-order valence-electron chi connectivity index (χ3n) is 7.86. The van der Waals surface area contributed by atoms with Crippen molar-refractivity contribution in [2.45, 2.75) is 63.4 Å². The number of sulfonamides is 1. The first-order valence-electron chi connectivity index (χ1n) is 14.9. The summed E-state index contributed by atoms with van der Waals surface area (Å²) in [6.07, 6.45) is 2.78. The maximum absolute atomic E-state index is 14.4. The minimum absolute atomic E-state index is 0.0493. The van der Waals surface area contributed by atoms with Crippen LogP contribution in [-0.4, -0.2) is 61.7 Å². The van der Waals surface area contributed by atoms with E-state index in [1.54, 1.807) is 13.8 Å². The Morgan fingerprint density at radius 3 is 2.18 bits per heavy atom. The lowest BCUT2D eigenvalue weighted by Gasteiger charge is -2.30. The van der Waals surface area contributed by atoms with E-state index in [2.05, 4.69) is 20.0 Å². The van der Waals surface area contributed by atoms with Gasteiger partial charge in [-0.2, -0.15) is 0 Å². The molecule has 2 N–H and O–H groups in total. The number of nitrogens with zero attached hydrogens (tertiary/aromatic N) is 4. The molecule has 2 aromatic heterocycles. The Morgan fingerprint density at radius 2 is 1.57 bits per heavy atom. The Hall–Kier alpha value is -4.22. The average molecular weight is 617 g/mol. The molecular weight excluding hydrogens is 576 g/mol. The second kappa shape index (κ2) is 13.2. The van der Waals surface area contributed by atoms with E-state index in [1.165, 1.54) is 0 Å². The fourth-order valence-electron chi connectivity index (χ4n) is 5.82. The molecule has 44 heavy (non-hydrogen) atoms. The highest BCUT2D eigenvalue weighted by Gasteiger charge is 2.37. The molecule has 2 aromatic carbocycles. The van der Waals surface area contributed by atoms with E-state index < -0.39 is 16.0 Å². The second-order valence-corrected chi connectivity index (χ2v) is 12.9. The molecule has 0 bridgehead atoms. The van der Waals surface area contributed by atoms with Gasteiger partial charge in [-0.05, 0) is 64.2 Å². The third kappa shape index (κ3) is 6.63. The molecule has 0 amide bonds. The maximum Gasteiger partial charge on any atom is 0.341 e. The number of nitrogens with one attached hydrogen (secondary N) is 2. The van der Waals surface area contributed by atoms with Crippen LogP contribution in [0.25, 0.3) is 16.9 Å². The fraction of sp³-hybridized carbons (Fsp3) is 0.364. The highest BCUT2D eigenvalue weighted by molar-refractivity contribution is 7.89. The normalized spacial score (nSPS) is 16.8. The quantitative estimate of drug-likeness (QED) is 0.225. The summed E-state index contributed by atoms with van der Waals surface area (Å²) < 4.78 is 38.9. The molecule has 2 heterocycles. The van der Waals surface area contributed by atoms with Crippen LogP contribution < -0.4 is 14.9 Å². The summed E-state index contributed by atoms with van der Waals surface area (Å²) in [5.74, 6) is 1.60. The Balaban J connectivity index is 1.47. The molecule has 4 aromatic rings. The largest absolute Gasteiger partial charge is 0.462 e. The smallest absolute Gasteiger partial charge is 0.341 e. The molecule has 11 heteroatoms. The van der Waals surface area contributed by atoms with E-state index in [9.17, 15) is 13.2 Å². The molecular formula is C33H40N6O4S. The molecule has 0 atom stereocenters. The summed E-state index contributed by atoms with van der Waals surface area (Å²) >= 11 is 0. The summed E-state index contributed by atoms with van der Waals surface area (Å²) in [5, 5.41) is 3.51. The molecule has 0 aliphatic heterocycles. The molecule has 1 fully saturated rings. The first kappa shape index (κ1) is 31.2. The molecule has 232 valence electrons. The van der Waals surface area contributed by atoms with Crippen molar-refractivity contribution in [1.82, 2.24) is 19.3 Å². The van der Waals surface area contributed by atoms with Crippen LogP contribution in [-0.2, 0) is 14.8 Å². The van der Waals surface area contributed by atoms with Gasteiger partial charge in [-0.25, -0.2) is 27.9 Å². The van der Waals surface area contributed by atoms with E-state index in [-0.39, 0.29) is 29.1 Å². The van der Waals surface area contributed by atoms with Crippen molar-refractivity contribution in [3.8, 4) is 16.9 Å². The number of anilines is 2. The van der Waals surface area contributed by atoms with Crippen molar-refractivity contribution in [1.29, 1.82) is 0 Å². The Labute approximate surface area is 259 Å². The summed E-state index contributed by atoms with van der Waals surface area (Å²) in [6.45, 7) is 5.47. The Bertz CT molecular complexity index is 1710. The van der Waals surface area contributed by atoms with Gasteiger partial charge in [0, 0.05) is 43.6 Å². The lowest BCUT2D eigenvalue weighted by Crippen LogP contribution is -2.40. The van der Waals surface area contributed by atoms with E-state index in [4.69, 9.17) is 4.74 Å². The van der Waals surface area contributed by atoms with Crippen molar-refractivity contribution in [3.63, 3.8) is 0 Å². The predicted molar refractivity (Wildman–Crippen MR) is 173 cm³/mol. The van der Waals surface area contributed by atoms with Gasteiger partial charge in [0.2, 0.25) is 10.0 Å². The number of rotatable bonds is 10. The van der Waals surface area contributed by atoms with Crippen LogP contribution in [0, 0.1) is 13.8 Å². The molecule has 5 rings (SSSR count). The zero-order chi connectivity index (χ0) is 31.4. The maximum atomic E-state index is 14.4. The number of aromatic nitrogens is 3. The number of carbonyl (C=O) groups is 1. The van der Waals surface area contributed by atoms with Crippen LogP contribution in [0.1, 0.15) is 54.5 Å². The molecule has 1 saturated carbocycles. The van der Waals surface area contributed by atoms with Gasteiger partial charge in [0.15, 0.2) is 0 Å². The van der Waals surface area contributed by atoms with Crippen molar-refractivity contribution in [3.05, 3.63) is 83.8 Å². The topological polar surface area (TPSA) is 118 Å². The zero-order valence-electron chi connectivity index (χ0n) is 25.9. The second-order valence-electron chi connectivity index (χ2n) is 11.3. The summed E-state index contributed by atoms with van der Waals surface area (Å²) in [4.78, 5) is 24.3. The molecule has 1 aliphatic carbocycles. The van der Waals surface area contributed by atoms with Crippen LogP contribution in [0.3, 0.4) is 0 Å². The van der Waals surface area contributed by atoms with Crippen LogP contribution in [0.5, 0.6) is 0 Å². The van der Waals surface area contributed by atoms with Gasteiger partial charge >= 0.3 is 5.97 Å². The van der Waals surface area contributed by atoms with Crippen molar-refractivity contribution in [2.75, 3.05) is 30.9 Å².